The van der Waals surface area contributed by atoms with Crippen molar-refractivity contribution >= 4 is 0 Å². The minimum atomic E-state index is -0.653. The van der Waals surface area contributed by atoms with Crippen LogP contribution in [0.15, 0.2) is 34.9 Å². The average molecular weight is 262 g/mol. The van der Waals surface area contributed by atoms with Crippen LogP contribution < -0.4 is 0 Å². The molecule has 1 atom stereocenters. The fourth-order valence-electron chi connectivity index (χ4n) is 1.63. The number of hydrogen-bond acceptors (Lipinski definition) is 5. The summed E-state index contributed by atoms with van der Waals surface area (Å²) < 4.78 is 10.4. The summed E-state index contributed by atoms with van der Waals surface area (Å²) in [5.74, 6) is 0.877. The second-order valence-electron chi connectivity index (χ2n) is 4.86. The molecule has 1 N–H and O–H groups in total. The van der Waals surface area contributed by atoms with E-state index in [0.29, 0.717) is 11.7 Å². The molecule has 1 heterocycles. The van der Waals surface area contributed by atoms with Gasteiger partial charge in [0.05, 0.1) is 12.5 Å². The van der Waals surface area contributed by atoms with Gasteiger partial charge in [-0.05, 0) is 19.4 Å². The van der Waals surface area contributed by atoms with Crippen molar-refractivity contribution in [1.29, 1.82) is 0 Å². The van der Waals surface area contributed by atoms with Crippen molar-refractivity contribution in [2.24, 2.45) is 0 Å². The summed E-state index contributed by atoms with van der Waals surface area (Å²) in [7, 11) is 1.59. The van der Waals surface area contributed by atoms with Crippen LogP contribution in [0.2, 0.25) is 0 Å². The predicted molar refractivity (Wildman–Crippen MR) is 69.4 cm³/mol. The monoisotopic (exact) mass is 262 g/mol. The summed E-state index contributed by atoms with van der Waals surface area (Å²) in [5.41, 5.74) is 0.229. The van der Waals surface area contributed by atoms with Gasteiger partial charge in [0.1, 0.15) is 5.60 Å². The molecule has 0 aliphatic heterocycles. The smallest absolute Gasteiger partial charge is 0.229 e. The molecule has 0 aliphatic rings. The molecule has 0 aliphatic carbocycles. The molecule has 2 aromatic rings. The minimum Gasteiger partial charge on any atom is -0.388 e. The lowest BCUT2D eigenvalue weighted by atomic mass is 10.1. The molecule has 5 heteroatoms. The van der Waals surface area contributed by atoms with E-state index in [1.54, 1.807) is 7.11 Å². The molecular weight excluding hydrogens is 244 g/mol. The Bertz CT molecular complexity index is 522. The molecule has 19 heavy (non-hydrogen) atoms. The van der Waals surface area contributed by atoms with E-state index >= 15 is 0 Å². The van der Waals surface area contributed by atoms with Crippen molar-refractivity contribution in [1.82, 2.24) is 10.1 Å². The number of nitrogens with zero attached hydrogens (tertiary/aromatic N) is 2. The van der Waals surface area contributed by atoms with Gasteiger partial charge in [0.15, 0.2) is 0 Å². The molecule has 1 aromatic carbocycles. The first-order valence-electron chi connectivity index (χ1n) is 6.14. The molecule has 0 fully saturated rings. The second kappa shape index (κ2) is 5.50. The van der Waals surface area contributed by atoms with Crippen LogP contribution in [-0.4, -0.2) is 22.4 Å². The van der Waals surface area contributed by atoms with Crippen LogP contribution in [-0.2, 0) is 16.8 Å². The first-order valence-corrected chi connectivity index (χ1v) is 6.14. The van der Waals surface area contributed by atoms with Gasteiger partial charge in [-0.2, -0.15) is 4.98 Å². The number of rotatable bonds is 5. The van der Waals surface area contributed by atoms with Gasteiger partial charge in [-0.15, -0.1) is 0 Å². The highest BCUT2D eigenvalue weighted by molar-refractivity contribution is 5.18. The van der Waals surface area contributed by atoms with E-state index in [1.807, 2.05) is 44.2 Å². The zero-order valence-electron chi connectivity index (χ0n) is 11.3. The number of benzene rings is 1. The molecule has 1 aromatic heterocycles. The summed E-state index contributed by atoms with van der Waals surface area (Å²) >= 11 is 0. The Morgan fingerprint density at radius 3 is 2.63 bits per heavy atom. The molecule has 0 saturated heterocycles. The van der Waals surface area contributed by atoms with Crippen molar-refractivity contribution in [3.05, 3.63) is 47.6 Å². The number of aliphatic hydroxyl groups is 1. The van der Waals surface area contributed by atoms with E-state index in [-0.39, 0.29) is 6.42 Å². The maximum atomic E-state index is 10.1. The van der Waals surface area contributed by atoms with E-state index in [1.165, 1.54) is 0 Å². The van der Waals surface area contributed by atoms with E-state index in [4.69, 9.17) is 9.26 Å². The van der Waals surface area contributed by atoms with Crippen LogP contribution >= 0.6 is 0 Å². The van der Waals surface area contributed by atoms with Gasteiger partial charge in [-0.1, -0.05) is 35.5 Å². The highest BCUT2D eigenvalue weighted by Gasteiger charge is 2.26. The van der Waals surface area contributed by atoms with Crippen LogP contribution in [0.1, 0.15) is 37.2 Å². The minimum absolute atomic E-state index is 0.288. The Hall–Kier alpha value is -1.72. The van der Waals surface area contributed by atoms with Crippen LogP contribution in [0.5, 0.6) is 0 Å². The lowest BCUT2D eigenvalue weighted by Gasteiger charge is -2.17. The van der Waals surface area contributed by atoms with E-state index < -0.39 is 11.7 Å². The SMILES string of the molecule is COC(C)(C)c1noc(CC(O)c2ccccc2)n1. The van der Waals surface area contributed by atoms with Crippen LogP contribution in [0, 0.1) is 0 Å². The summed E-state index contributed by atoms with van der Waals surface area (Å²) in [4.78, 5) is 4.26. The average Bonchev–Trinajstić information content (AvgIpc) is 2.89. The molecule has 0 saturated carbocycles. The Morgan fingerprint density at radius 2 is 2.00 bits per heavy atom. The number of ether oxygens (including phenoxy) is 1. The van der Waals surface area contributed by atoms with Crippen molar-refractivity contribution in [3.63, 3.8) is 0 Å². The van der Waals surface area contributed by atoms with Gasteiger partial charge in [-0.3, -0.25) is 0 Å². The third kappa shape index (κ3) is 3.19. The normalized spacial score (nSPS) is 13.5. The largest absolute Gasteiger partial charge is 0.388 e. The van der Waals surface area contributed by atoms with Crippen LogP contribution in [0.25, 0.3) is 0 Å². The van der Waals surface area contributed by atoms with Crippen molar-refractivity contribution in [2.75, 3.05) is 7.11 Å². The molecule has 0 amide bonds. The highest BCUT2D eigenvalue weighted by Crippen LogP contribution is 2.22. The zero-order chi connectivity index (χ0) is 13.9. The Kier molecular flexibility index (Phi) is 3.97. The van der Waals surface area contributed by atoms with Crippen molar-refractivity contribution < 1.29 is 14.4 Å². The summed E-state index contributed by atoms with van der Waals surface area (Å²) in [6, 6.07) is 9.39. The third-order valence-corrected chi connectivity index (χ3v) is 3.07. The maximum Gasteiger partial charge on any atom is 0.229 e. The Balaban J connectivity index is 2.09. The lowest BCUT2D eigenvalue weighted by molar-refractivity contribution is 0.00973. The zero-order valence-corrected chi connectivity index (χ0v) is 11.3. The number of aliphatic hydroxyl groups excluding tert-OH is 1. The van der Waals surface area contributed by atoms with Gasteiger partial charge in [-0.25, -0.2) is 0 Å². The van der Waals surface area contributed by atoms with Gasteiger partial charge in [0.2, 0.25) is 11.7 Å². The fourth-order valence-corrected chi connectivity index (χ4v) is 1.63. The lowest BCUT2D eigenvalue weighted by Crippen LogP contribution is -2.21. The van der Waals surface area contributed by atoms with Gasteiger partial charge < -0.3 is 14.4 Å². The second-order valence-corrected chi connectivity index (χ2v) is 4.86. The van der Waals surface area contributed by atoms with E-state index in [0.717, 1.165) is 5.56 Å². The molecule has 0 radical (unpaired) electrons. The topological polar surface area (TPSA) is 68.4 Å². The van der Waals surface area contributed by atoms with Crippen molar-refractivity contribution in [2.45, 2.75) is 32.0 Å². The molecule has 1 unspecified atom stereocenters. The first-order chi connectivity index (χ1) is 9.03. The standard InChI is InChI=1S/C14H18N2O3/c1-14(2,18-3)13-15-12(19-16-13)9-11(17)10-7-5-4-6-8-10/h4-8,11,17H,9H2,1-3H3. The number of hydrogen-bond donors (Lipinski definition) is 1. The quantitative estimate of drug-likeness (QED) is 0.894. The van der Waals surface area contributed by atoms with Crippen LogP contribution in [0.3, 0.4) is 0 Å². The molecule has 2 rings (SSSR count). The number of aromatic nitrogens is 2. The van der Waals surface area contributed by atoms with Gasteiger partial charge >= 0.3 is 0 Å². The molecular formula is C14H18N2O3. The Labute approximate surface area is 112 Å². The first kappa shape index (κ1) is 13.7. The maximum absolute atomic E-state index is 10.1. The molecule has 0 bridgehead atoms. The van der Waals surface area contributed by atoms with E-state index in [9.17, 15) is 5.11 Å². The number of methoxy groups -OCH3 is 1. The summed E-state index contributed by atoms with van der Waals surface area (Å²) in [5, 5.41) is 14.0. The fraction of sp³-hybridized carbons (Fsp3) is 0.429. The summed E-state index contributed by atoms with van der Waals surface area (Å²) in [6.45, 7) is 3.71. The molecule has 0 spiro atoms. The highest BCUT2D eigenvalue weighted by atomic mass is 16.5. The predicted octanol–water partition coefficient (Wildman–Crippen LogP) is 2.23. The van der Waals surface area contributed by atoms with E-state index in [2.05, 4.69) is 10.1 Å². The third-order valence-electron chi connectivity index (χ3n) is 3.07. The van der Waals surface area contributed by atoms with Crippen LogP contribution in [0.4, 0.5) is 0 Å². The van der Waals surface area contributed by atoms with Gasteiger partial charge in [0.25, 0.3) is 0 Å². The summed E-state index contributed by atoms with van der Waals surface area (Å²) in [6.07, 6.45) is -0.364. The molecule has 5 nitrogen and oxygen atoms in total. The van der Waals surface area contributed by atoms with Gasteiger partial charge in [0, 0.05) is 7.11 Å². The Morgan fingerprint density at radius 1 is 1.32 bits per heavy atom. The molecule has 102 valence electrons. The van der Waals surface area contributed by atoms with Crippen molar-refractivity contribution in [3.8, 4) is 0 Å².